The van der Waals surface area contributed by atoms with E-state index in [1.165, 1.54) is 7.11 Å². The van der Waals surface area contributed by atoms with E-state index in [0.717, 1.165) is 5.56 Å². The molecule has 0 saturated heterocycles. The van der Waals surface area contributed by atoms with Gasteiger partial charge in [0.2, 0.25) is 0 Å². The standard InChI is InChI=1S/C11H12Cl2O.C8H6Cl2O2.C5H10O2/c1-7(2)11(14)6-8-3-4-9(12)10(13)5-8;9-6-2-1-5(3-7(6)10)4-8(11)12;1-4(2)5(6)7-3/h3-5,7H,6H2,1-2H3;1-3H,4H2,(H,11,12);4H,1-3H3. The first-order chi connectivity index (χ1) is 15.3. The van der Waals surface area contributed by atoms with E-state index >= 15 is 0 Å². The van der Waals surface area contributed by atoms with E-state index in [0.29, 0.717) is 32.1 Å². The minimum absolute atomic E-state index is 0.00463. The maximum Gasteiger partial charge on any atom is 0.308 e. The molecule has 0 bridgehead atoms. The summed E-state index contributed by atoms with van der Waals surface area (Å²) in [4.78, 5) is 32.0. The normalized spacial score (nSPS) is 10.0. The molecule has 9 heteroatoms. The Bertz CT molecular complexity index is 942. The van der Waals surface area contributed by atoms with Gasteiger partial charge in [-0.05, 0) is 35.4 Å². The number of hydrogen-bond acceptors (Lipinski definition) is 4. The third-order valence-electron chi connectivity index (χ3n) is 4.02. The van der Waals surface area contributed by atoms with Gasteiger partial charge >= 0.3 is 11.9 Å². The lowest BCUT2D eigenvalue weighted by atomic mass is 10.0. The van der Waals surface area contributed by atoms with Crippen LogP contribution in [0.5, 0.6) is 0 Å². The van der Waals surface area contributed by atoms with Crippen LogP contribution in [0.3, 0.4) is 0 Å². The summed E-state index contributed by atoms with van der Waals surface area (Å²) in [7, 11) is 1.39. The molecule has 0 amide bonds. The number of methoxy groups -OCH3 is 1. The molecule has 0 fully saturated rings. The van der Waals surface area contributed by atoms with Gasteiger partial charge in [-0.15, -0.1) is 0 Å². The van der Waals surface area contributed by atoms with Gasteiger partial charge in [0.05, 0.1) is 39.5 Å². The average Bonchev–Trinajstić information content (AvgIpc) is 2.73. The Hall–Kier alpha value is -1.79. The van der Waals surface area contributed by atoms with Gasteiger partial charge in [0.25, 0.3) is 0 Å². The maximum atomic E-state index is 11.4. The van der Waals surface area contributed by atoms with Gasteiger partial charge in [-0.25, -0.2) is 0 Å². The van der Waals surface area contributed by atoms with Crippen molar-refractivity contribution in [3.63, 3.8) is 0 Å². The molecule has 33 heavy (non-hydrogen) atoms. The van der Waals surface area contributed by atoms with Crippen LogP contribution in [-0.2, 0) is 32.0 Å². The van der Waals surface area contributed by atoms with Gasteiger partial charge in [-0.3, -0.25) is 14.4 Å². The van der Waals surface area contributed by atoms with Gasteiger partial charge in [0.1, 0.15) is 5.78 Å². The number of carboxylic acids is 1. The zero-order chi connectivity index (χ0) is 25.7. The molecule has 2 aromatic carbocycles. The second-order valence-corrected chi connectivity index (χ2v) is 9.17. The summed E-state index contributed by atoms with van der Waals surface area (Å²) < 4.78 is 4.37. The Morgan fingerprint density at radius 2 is 1.18 bits per heavy atom. The summed E-state index contributed by atoms with van der Waals surface area (Å²) in [6.45, 7) is 7.37. The van der Waals surface area contributed by atoms with Crippen molar-refractivity contribution >= 4 is 64.1 Å². The van der Waals surface area contributed by atoms with Crippen LogP contribution in [0.1, 0.15) is 38.8 Å². The quantitative estimate of drug-likeness (QED) is 0.394. The largest absolute Gasteiger partial charge is 0.481 e. The van der Waals surface area contributed by atoms with Crippen molar-refractivity contribution in [3.05, 3.63) is 67.6 Å². The number of aliphatic carboxylic acids is 1. The lowest BCUT2D eigenvalue weighted by Gasteiger charge is -2.05. The number of rotatable bonds is 6. The number of ketones is 1. The highest BCUT2D eigenvalue weighted by Gasteiger charge is 2.09. The first-order valence-corrected chi connectivity index (χ1v) is 11.5. The van der Waals surface area contributed by atoms with Crippen LogP contribution in [0.15, 0.2) is 36.4 Å². The topological polar surface area (TPSA) is 80.7 Å². The van der Waals surface area contributed by atoms with E-state index in [2.05, 4.69) is 4.74 Å². The average molecular weight is 538 g/mol. The summed E-state index contributed by atoms with van der Waals surface area (Å²) in [6.07, 6.45) is 0.394. The van der Waals surface area contributed by atoms with Crippen LogP contribution in [0.25, 0.3) is 0 Å². The number of halogens is 4. The SMILES string of the molecule is CC(C)C(=O)Cc1ccc(Cl)c(Cl)c1.COC(=O)C(C)C.O=C(O)Cc1ccc(Cl)c(Cl)c1. The van der Waals surface area contributed by atoms with Gasteiger partial charge < -0.3 is 9.84 Å². The molecule has 5 nitrogen and oxygen atoms in total. The van der Waals surface area contributed by atoms with Crippen molar-refractivity contribution in [2.45, 2.75) is 40.5 Å². The fourth-order valence-corrected chi connectivity index (χ4v) is 2.76. The fourth-order valence-electron chi connectivity index (χ4n) is 2.11. The number of Topliss-reactive ketones (excluding diaryl/α,β-unsaturated/α-hetero) is 1. The van der Waals surface area contributed by atoms with Crippen molar-refractivity contribution in [1.82, 2.24) is 0 Å². The number of carbonyl (C=O) groups excluding carboxylic acids is 2. The Labute approximate surface area is 214 Å². The van der Waals surface area contributed by atoms with E-state index in [9.17, 15) is 14.4 Å². The maximum absolute atomic E-state index is 11.4. The van der Waals surface area contributed by atoms with E-state index in [4.69, 9.17) is 51.5 Å². The van der Waals surface area contributed by atoms with Crippen LogP contribution in [0.4, 0.5) is 0 Å². The van der Waals surface area contributed by atoms with Crippen molar-refractivity contribution in [2.75, 3.05) is 7.11 Å². The van der Waals surface area contributed by atoms with Gasteiger partial charge in [-0.2, -0.15) is 0 Å². The molecule has 0 radical (unpaired) electrons. The second-order valence-electron chi connectivity index (χ2n) is 7.54. The minimum Gasteiger partial charge on any atom is -0.481 e. The van der Waals surface area contributed by atoms with E-state index in [1.54, 1.807) is 44.2 Å². The first-order valence-electron chi connectivity index (χ1n) is 9.98. The smallest absolute Gasteiger partial charge is 0.308 e. The Morgan fingerprint density at radius 1 is 0.758 bits per heavy atom. The molecule has 0 heterocycles. The molecular weight excluding hydrogens is 510 g/mol. The van der Waals surface area contributed by atoms with Crippen LogP contribution in [0.2, 0.25) is 20.1 Å². The Balaban J connectivity index is 0.000000492. The van der Waals surface area contributed by atoms with Crippen LogP contribution in [0, 0.1) is 11.8 Å². The summed E-state index contributed by atoms with van der Waals surface area (Å²) in [5.41, 5.74) is 1.56. The molecular formula is C24H28Cl4O5. The molecule has 0 saturated carbocycles. The summed E-state index contributed by atoms with van der Waals surface area (Å²) in [5, 5.41) is 10.3. The van der Waals surface area contributed by atoms with Crippen LogP contribution in [-0.4, -0.2) is 29.9 Å². The summed E-state index contributed by atoms with van der Waals surface area (Å²) in [5.74, 6) is -0.758. The molecule has 1 N–H and O–H groups in total. The number of carboxylic acid groups (broad SMARTS) is 1. The predicted molar refractivity (Wildman–Crippen MR) is 135 cm³/mol. The van der Waals surface area contributed by atoms with Crippen molar-refractivity contribution in [1.29, 1.82) is 0 Å². The molecule has 0 unspecified atom stereocenters. The number of carbonyl (C=O) groups is 3. The fraction of sp³-hybridized carbons (Fsp3) is 0.375. The van der Waals surface area contributed by atoms with E-state index in [1.807, 2.05) is 19.9 Å². The molecule has 0 atom stereocenters. The highest BCUT2D eigenvalue weighted by Crippen LogP contribution is 2.23. The van der Waals surface area contributed by atoms with Crippen molar-refractivity contribution < 1.29 is 24.2 Å². The van der Waals surface area contributed by atoms with Gasteiger partial charge in [-0.1, -0.05) is 86.2 Å². The summed E-state index contributed by atoms with van der Waals surface area (Å²) in [6, 6.07) is 10.1. The third kappa shape index (κ3) is 13.5. The van der Waals surface area contributed by atoms with Crippen LogP contribution < -0.4 is 0 Å². The lowest BCUT2D eigenvalue weighted by Crippen LogP contribution is -2.09. The molecule has 0 aliphatic carbocycles. The second kappa shape index (κ2) is 15.9. The van der Waals surface area contributed by atoms with Crippen molar-refractivity contribution in [2.24, 2.45) is 11.8 Å². The molecule has 0 aliphatic heterocycles. The monoisotopic (exact) mass is 536 g/mol. The highest BCUT2D eigenvalue weighted by molar-refractivity contribution is 6.42. The number of benzene rings is 2. The first kappa shape index (κ1) is 31.2. The molecule has 182 valence electrons. The molecule has 2 aromatic rings. The van der Waals surface area contributed by atoms with Crippen molar-refractivity contribution in [3.8, 4) is 0 Å². The Kier molecular flexibility index (Phi) is 15.1. The molecule has 0 spiro atoms. The minimum atomic E-state index is -0.881. The number of ether oxygens (including phenoxy) is 1. The van der Waals surface area contributed by atoms with E-state index < -0.39 is 5.97 Å². The summed E-state index contributed by atoms with van der Waals surface area (Å²) >= 11 is 22.9. The zero-order valence-corrected chi connectivity index (χ0v) is 22.1. The lowest BCUT2D eigenvalue weighted by molar-refractivity contribution is -0.144. The predicted octanol–water partition coefficient (Wildman–Crippen LogP) is 7.20. The number of esters is 1. The van der Waals surface area contributed by atoms with Gasteiger partial charge in [0, 0.05) is 12.3 Å². The third-order valence-corrected chi connectivity index (χ3v) is 5.50. The molecule has 2 rings (SSSR count). The number of hydrogen-bond donors (Lipinski definition) is 1. The molecule has 0 aliphatic rings. The van der Waals surface area contributed by atoms with Gasteiger partial charge in [0.15, 0.2) is 0 Å². The zero-order valence-electron chi connectivity index (χ0n) is 19.1. The molecule has 0 aromatic heterocycles. The highest BCUT2D eigenvalue weighted by atomic mass is 35.5. The van der Waals surface area contributed by atoms with Crippen LogP contribution >= 0.6 is 46.4 Å². The Morgan fingerprint density at radius 3 is 1.45 bits per heavy atom. The van der Waals surface area contributed by atoms with E-state index in [-0.39, 0.29) is 30.0 Å².